The van der Waals surface area contributed by atoms with Crippen LogP contribution < -0.4 is 4.87 Å². The fraction of sp³-hybridized carbons (Fsp3) is 0.0625. The molecule has 0 bridgehead atoms. The Morgan fingerprint density at radius 2 is 1.76 bits per heavy atom. The van der Waals surface area contributed by atoms with E-state index in [0.29, 0.717) is 12.1 Å². The number of thiazole rings is 1. The minimum Gasteiger partial charge on any atom is -0.267 e. The molecule has 0 amide bonds. The molecule has 0 unspecified atom stereocenters. The van der Waals surface area contributed by atoms with Crippen LogP contribution in [0.25, 0.3) is 16.9 Å². The number of benzene rings is 2. The third kappa shape index (κ3) is 3.24. The van der Waals surface area contributed by atoms with Crippen LogP contribution >= 0.6 is 11.3 Å². The minimum absolute atomic E-state index is 0.00273. The molecule has 25 heavy (non-hydrogen) atoms. The van der Waals surface area contributed by atoms with E-state index >= 15 is 0 Å². The van der Waals surface area contributed by atoms with Gasteiger partial charge in [-0.1, -0.05) is 17.4 Å². The first-order chi connectivity index (χ1) is 11.7. The molecule has 9 heteroatoms. The second-order valence-electron chi connectivity index (χ2n) is 5.24. The third-order valence-electron chi connectivity index (χ3n) is 3.46. The van der Waals surface area contributed by atoms with Crippen LogP contribution in [-0.4, -0.2) is 19.2 Å². The molecular formula is C16H10F3NO3S2. The first kappa shape index (κ1) is 17.4. The smallest absolute Gasteiger partial charge is 0.267 e. The van der Waals surface area contributed by atoms with Gasteiger partial charge in [-0.3, -0.25) is 9.36 Å². The highest BCUT2D eigenvalue weighted by Crippen LogP contribution is 2.29. The Labute approximate surface area is 144 Å². The van der Waals surface area contributed by atoms with E-state index in [1.165, 1.54) is 23.6 Å². The van der Waals surface area contributed by atoms with Gasteiger partial charge in [0, 0.05) is 17.2 Å². The topological polar surface area (TPSA) is 56.1 Å². The number of hydrogen-bond acceptors (Lipinski definition) is 4. The molecule has 0 atom stereocenters. The number of halogens is 3. The van der Waals surface area contributed by atoms with Gasteiger partial charge in [0.25, 0.3) is 0 Å². The summed E-state index contributed by atoms with van der Waals surface area (Å²) >= 11 is 0.728. The van der Waals surface area contributed by atoms with Crippen molar-refractivity contribution in [3.05, 3.63) is 68.9 Å². The summed E-state index contributed by atoms with van der Waals surface area (Å²) in [5.74, 6) is -2.74. The van der Waals surface area contributed by atoms with Crippen molar-refractivity contribution >= 4 is 21.2 Å². The van der Waals surface area contributed by atoms with Crippen molar-refractivity contribution < 1.29 is 21.6 Å². The summed E-state index contributed by atoms with van der Waals surface area (Å²) in [6, 6.07) is 6.36. The van der Waals surface area contributed by atoms with Crippen molar-refractivity contribution in [2.24, 2.45) is 0 Å². The van der Waals surface area contributed by atoms with Gasteiger partial charge in [-0.05, 0) is 30.3 Å². The van der Waals surface area contributed by atoms with Gasteiger partial charge in [-0.15, -0.1) is 0 Å². The van der Waals surface area contributed by atoms with E-state index < -0.39 is 37.1 Å². The minimum atomic E-state index is -3.95. The maximum absolute atomic E-state index is 14.4. The molecule has 1 aromatic heterocycles. The van der Waals surface area contributed by atoms with Crippen LogP contribution in [-0.2, 0) is 9.84 Å². The fourth-order valence-electron chi connectivity index (χ4n) is 2.36. The summed E-state index contributed by atoms with van der Waals surface area (Å²) in [5.41, 5.74) is -0.155. The zero-order valence-electron chi connectivity index (χ0n) is 12.7. The Morgan fingerprint density at radius 3 is 2.40 bits per heavy atom. The van der Waals surface area contributed by atoms with Crippen molar-refractivity contribution in [2.75, 3.05) is 6.26 Å². The Hall–Kier alpha value is -2.39. The molecule has 0 aliphatic rings. The molecule has 4 nitrogen and oxygen atoms in total. The lowest BCUT2D eigenvalue weighted by atomic mass is 10.1. The van der Waals surface area contributed by atoms with Crippen LogP contribution in [0.3, 0.4) is 0 Å². The highest BCUT2D eigenvalue weighted by Gasteiger charge is 2.21. The zero-order valence-corrected chi connectivity index (χ0v) is 14.3. The van der Waals surface area contributed by atoms with Crippen molar-refractivity contribution in [1.29, 1.82) is 0 Å². The predicted molar refractivity (Wildman–Crippen MR) is 88.3 cm³/mol. The molecule has 0 aliphatic heterocycles. The van der Waals surface area contributed by atoms with Crippen LogP contribution in [0.1, 0.15) is 0 Å². The van der Waals surface area contributed by atoms with E-state index in [0.717, 1.165) is 28.2 Å². The lowest BCUT2D eigenvalue weighted by Gasteiger charge is -2.10. The molecule has 3 rings (SSSR count). The molecule has 0 radical (unpaired) electrons. The Morgan fingerprint density at radius 1 is 1.04 bits per heavy atom. The van der Waals surface area contributed by atoms with Gasteiger partial charge < -0.3 is 0 Å². The van der Waals surface area contributed by atoms with Gasteiger partial charge in [0.1, 0.15) is 22.3 Å². The van der Waals surface area contributed by atoms with Crippen LogP contribution in [0.15, 0.2) is 51.5 Å². The first-order valence-electron chi connectivity index (χ1n) is 6.84. The van der Waals surface area contributed by atoms with E-state index in [1.807, 2.05) is 0 Å². The van der Waals surface area contributed by atoms with E-state index in [4.69, 9.17) is 0 Å². The molecule has 0 aliphatic carbocycles. The number of rotatable bonds is 3. The highest BCUT2D eigenvalue weighted by atomic mass is 32.2. The summed E-state index contributed by atoms with van der Waals surface area (Å²) < 4.78 is 66.0. The standard InChI is InChI=1S/C16H10F3NO3S2/c1-25(22,23)15-7-12(18)11(6-13(15)19)14-8-24-16(21)20(14)10-4-2-3-9(17)5-10/h2-8H,1H3. The van der Waals surface area contributed by atoms with Gasteiger partial charge >= 0.3 is 4.87 Å². The maximum atomic E-state index is 14.4. The third-order valence-corrected chi connectivity index (χ3v) is 5.30. The average molecular weight is 385 g/mol. The maximum Gasteiger partial charge on any atom is 0.312 e. The molecule has 2 aromatic carbocycles. The van der Waals surface area contributed by atoms with Crippen LogP contribution in [0.5, 0.6) is 0 Å². The van der Waals surface area contributed by atoms with E-state index in [2.05, 4.69) is 0 Å². The van der Waals surface area contributed by atoms with Crippen LogP contribution in [0, 0.1) is 17.5 Å². The molecular weight excluding hydrogens is 375 g/mol. The molecule has 3 aromatic rings. The SMILES string of the molecule is CS(=O)(=O)c1cc(F)c(-c2csc(=O)n2-c2cccc(F)c2)cc1F. The van der Waals surface area contributed by atoms with Crippen LogP contribution in [0.4, 0.5) is 13.2 Å². The molecule has 1 heterocycles. The van der Waals surface area contributed by atoms with Crippen molar-refractivity contribution in [1.82, 2.24) is 4.57 Å². The molecule has 0 saturated heterocycles. The number of hydrogen-bond donors (Lipinski definition) is 0. The van der Waals surface area contributed by atoms with Gasteiger partial charge in [0.2, 0.25) is 0 Å². The highest BCUT2D eigenvalue weighted by molar-refractivity contribution is 7.90. The Balaban J connectivity index is 2.26. The van der Waals surface area contributed by atoms with Gasteiger partial charge in [-0.2, -0.15) is 0 Å². The molecule has 0 N–H and O–H groups in total. The molecule has 0 spiro atoms. The monoisotopic (exact) mass is 385 g/mol. The normalized spacial score (nSPS) is 11.7. The zero-order chi connectivity index (χ0) is 18.4. The van der Waals surface area contributed by atoms with Gasteiger partial charge in [-0.25, -0.2) is 21.6 Å². The first-order valence-corrected chi connectivity index (χ1v) is 9.61. The van der Waals surface area contributed by atoms with Gasteiger partial charge in [0.05, 0.1) is 11.4 Å². The number of aromatic nitrogens is 1. The van der Waals surface area contributed by atoms with E-state index in [9.17, 15) is 26.4 Å². The predicted octanol–water partition coefficient (Wildman–Crippen LogP) is 3.39. The van der Waals surface area contributed by atoms with E-state index in [1.54, 1.807) is 0 Å². The lowest BCUT2D eigenvalue weighted by Crippen LogP contribution is -2.13. The van der Waals surface area contributed by atoms with Crippen LogP contribution in [0.2, 0.25) is 0 Å². The fourth-order valence-corrected chi connectivity index (χ4v) is 3.85. The molecule has 0 saturated carbocycles. The summed E-state index contributed by atoms with van der Waals surface area (Å²) in [5, 5.41) is 1.30. The van der Waals surface area contributed by atoms with Crippen molar-refractivity contribution in [2.45, 2.75) is 4.90 Å². The second-order valence-corrected chi connectivity index (χ2v) is 8.04. The Kier molecular flexibility index (Phi) is 4.29. The lowest BCUT2D eigenvalue weighted by molar-refractivity contribution is 0.557. The largest absolute Gasteiger partial charge is 0.312 e. The van der Waals surface area contributed by atoms with E-state index in [-0.39, 0.29) is 16.9 Å². The molecule has 0 fully saturated rings. The average Bonchev–Trinajstić information content (AvgIpc) is 2.89. The summed E-state index contributed by atoms with van der Waals surface area (Å²) in [7, 11) is -3.95. The van der Waals surface area contributed by atoms with Crippen molar-refractivity contribution in [3.63, 3.8) is 0 Å². The summed E-state index contributed by atoms with van der Waals surface area (Å²) in [6.45, 7) is 0. The molecule has 130 valence electrons. The van der Waals surface area contributed by atoms with Gasteiger partial charge in [0.15, 0.2) is 9.84 Å². The quantitative estimate of drug-likeness (QED) is 0.695. The Bertz CT molecular complexity index is 1130. The number of nitrogens with zero attached hydrogens (tertiary/aromatic N) is 1. The van der Waals surface area contributed by atoms with Crippen molar-refractivity contribution in [3.8, 4) is 16.9 Å². The second kappa shape index (κ2) is 6.16. The summed E-state index contributed by atoms with van der Waals surface area (Å²) in [6.07, 6.45) is 0.762. The number of sulfone groups is 1. The summed E-state index contributed by atoms with van der Waals surface area (Å²) in [4.78, 5) is 10.8.